The minimum atomic E-state index is -10.7. The zero-order chi connectivity index (χ0) is 29.1. The first kappa shape index (κ1) is 30.6. The molecule has 1 fully saturated rings. The van der Waals surface area contributed by atoms with Crippen LogP contribution >= 0.6 is 7.81 Å². The molecular weight excluding hydrogens is 539 g/mol. The fourth-order valence-corrected chi connectivity index (χ4v) is 5.06. The van der Waals surface area contributed by atoms with E-state index in [0.717, 1.165) is 12.4 Å². The number of likely N-dealkylation sites (N-methyl/N-ethyl adjacent to an activating group) is 2. The molecule has 4 nitrogen and oxygen atoms in total. The van der Waals surface area contributed by atoms with E-state index in [4.69, 9.17) is 4.99 Å². The number of halogens is 6. The summed E-state index contributed by atoms with van der Waals surface area (Å²) in [6, 6.07) is 27.9. The van der Waals surface area contributed by atoms with Gasteiger partial charge < -0.3 is 10.0 Å². The normalized spacial score (nSPS) is 23.0. The van der Waals surface area contributed by atoms with E-state index in [-0.39, 0.29) is 24.7 Å². The molecule has 0 saturated carbocycles. The third-order valence-electron chi connectivity index (χ3n) is 6.75. The molecule has 0 aliphatic carbocycles. The number of rotatable bonds is 6. The second-order valence-corrected chi connectivity index (χ2v) is 11.8. The van der Waals surface area contributed by atoms with Crippen LogP contribution in [0.15, 0.2) is 83.9 Å². The summed E-state index contributed by atoms with van der Waals surface area (Å²) in [6.07, 6.45) is 0.728. The van der Waals surface area contributed by atoms with E-state index < -0.39 is 7.81 Å². The number of aliphatic hydroxyl groups is 1. The van der Waals surface area contributed by atoms with Gasteiger partial charge in [-0.2, -0.15) is 0 Å². The molecule has 0 spiro atoms. The molecule has 0 radical (unpaired) electrons. The van der Waals surface area contributed by atoms with Gasteiger partial charge in [-0.3, -0.25) is 4.90 Å². The van der Waals surface area contributed by atoms with Crippen molar-refractivity contribution >= 4 is 13.8 Å². The predicted octanol–water partition coefficient (Wildman–Crippen LogP) is 6.89. The zero-order valence-corrected chi connectivity index (χ0v) is 23.1. The maximum atomic E-state index is 10.1. The van der Waals surface area contributed by atoms with E-state index in [0.29, 0.717) is 0 Å². The van der Waals surface area contributed by atoms with Crippen LogP contribution < -0.4 is 4.90 Å². The summed E-state index contributed by atoms with van der Waals surface area (Å²) in [5.41, 5.74) is 6.46. The molecule has 4 rings (SSSR count). The molecule has 0 amide bonds. The molecule has 3 aromatic rings. The summed E-state index contributed by atoms with van der Waals surface area (Å²) in [7, 11) is -6.30. The fourth-order valence-electron chi connectivity index (χ4n) is 5.06. The molecule has 3 aromatic carbocycles. The third kappa shape index (κ3) is 9.05. The number of quaternary nitrogens is 1. The number of hydrogen-bond donors (Lipinski definition) is 2. The fraction of sp³-hybridized carbons (Fsp3) is 0.321. The van der Waals surface area contributed by atoms with Crippen LogP contribution in [0.4, 0.5) is 25.2 Å². The van der Waals surface area contributed by atoms with E-state index in [9.17, 15) is 30.3 Å². The Bertz CT molecular complexity index is 1230. The molecule has 214 valence electrons. The number of benzene rings is 3. The number of nitrogens with one attached hydrogen (secondary N) is 1. The van der Waals surface area contributed by atoms with Gasteiger partial charge in [0.2, 0.25) is 0 Å². The predicted molar refractivity (Wildman–Crippen MR) is 145 cm³/mol. The van der Waals surface area contributed by atoms with Crippen molar-refractivity contribution in [1.29, 1.82) is 0 Å². The number of nitrogens with zero attached hydrogens (tertiary/aromatic N) is 2. The van der Waals surface area contributed by atoms with Crippen molar-refractivity contribution in [2.24, 2.45) is 4.99 Å². The number of guanidine groups is 1. The van der Waals surface area contributed by atoms with Gasteiger partial charge in [0, 0.05) is 12.6 Å². The van der Waals surface area contributed by atoms with Gasteiger partial charge in [-0.1, -0.05) is 78.9 Å². The van der Waals surface area contributed by atoms with Crippen LogP contribution in [0.25, 0.3) is 0 Å². The Morgan fingerprint density at radius 3 is 1.77 bits per heavy atom. The molecule has 1 heterocycles. The minimum absolute atomic E-state index is 0.0313. The number of aliphatic imine (C=N–C) groups is 1. The number of aryl methyl sites for hydroxylation is 2. The second kappa shape index (κ2) is 10.9. The first-order valence-electron chi connectivity index (χ1n) is 12.4. The van der Waals surface area contributed by atoms with Crippen molar-refractivity contribution in [3.05, 3.63) is 107 Å². The first-order chi connectivity index (χ1) is 18.0. The van der Waals surface area contributed by atoms with Crippen LogP contribution in [-0.4, -0.2) is 42.7 Å². The Morgan fingerprint density at radius 2 is 1.28 bits per heavy atom. The van der Waals surface area contributed by atoms with Crippen LogP contribution in [0, 0.1) is 13.8 Å². The average molecular weight is 574 g/mol. The molecule has 1 saturated heterocycles. The molecule has 1 unspecified atom stereocenters. The van der Waals surface area contributed by atoms with E-state index >= 15 is 0 Å². The van der Waals surface area contributed by atoms with Crippen LogP contribution in [0.5, 0.6) is 0 Å². The number of aliphatic hydroxyl groups excluding tert-OH is 1. The molecule has 1 aliphatic heterocycles. The Kier molecular flexibility index (Phi) is 8.56. The van der Waals surface area contributed by atoms with Gasteiger partial charge in [-0.25, -0.2) is 4.99 Å². The van der Waals surface area contributed by atoms with Crippen molar-refractivity contribution in [2.75, 3.05) is 20.7 Å². The Labute approximate surface area is 224 Å². The Balaban J connectivity index is 0.000000532. The third-order valence-corrected chi connectivity index (χ3v) is 6.75. The monoisotopic (exact) mass is 573 g/mol. The Hall–Kier alpha value is -2.94. The summed E-state index contributed by atoms with van der Waals surface area (Å²) >= 11 is 0. The maximum absolute atomic E-state index is 10.7. The SMILES string of the molecule is Cc1ccccc1[C@H]1[C@H](c2ccccc2C)[NH+](C)C(=N[C@@H](CO)Cc2ccccc2)N1C.F[P-](F)(F)(F)(F)F. The van der Waals surface area contributed by atoms with Gasteiger partial charge in [-0.15, -0.1) is 0 Å². The van der Waals surface area contributed by atoms with E-state index in [1.807, 2.05) is 18.2 Å². The summed E-state index contributed by atoms with van der Waals surface area (Å²) in [5.74, 6) is 1.00. The van der Waals surface area contributed by atoms with Gasteiger partial charge in [0.1, 0.15) is 12.1 Å². The van der Waals surface area contributed by atoms with Gasteiger partial charge in [-0.05, 0) is 42.5 Å². The van der Waals surface area contributed by atoms with E-state index in [1.54, 1.807) is 0 Å². The molecule has 0 bridgehead atoms. The standard InChI is InChI=1S/C28H33N3O.F6P/c1-20-12-8-10-16-24(20)26-27(25-17-11-9-13-21(25)2)31(4)28(30(26)3)29-23(19-32)18-22-14-6-5-7-15-22;1-7(2,3,4,5)6/h5-17,23,26-27,32H,18-19H2,1-4H3;/q;-1/p+1/t23-,26+,27+;/m1./s1. The summed E-state index contributed by atoms with van der Waals surface area (Å²) in [5, 5.41) is 10.1. The molecule has 0 aromatic heterocycles. The summed E-state index contributed by atoms with van der Waals surface area (Å²) < 4.78 is 59.2. The molecular formula is C28H34F6N3OP. The van der Waals surface area contributed by atoms with Crippen molar-refractivity contribution < 1.29 is 35.2 Å². The quantitative estimate of drug-likeness (QED) is 0.249. The zero-order valence-electron chi connectivity index (χ0n) is 22.2. The van der Waals surface area contributed by atoms with Crippen molar-refractivity contribution in [3.8, 4) is 0 Å². The van der Waals surface area contributed by atoms with Gasteiger partial charge >= 0.3 is 33.0 Å². The van der Waals surface area contributed by atoms with Crippen LogP contribution in [0.3, 0.4) is 0 Å². The average Bonchev–Trinajstić information content (AvgIpc) is 3.07. The molecule has 11 heteroatoms. The summed E-state index contributed by atoms with van der Waals surface area (Å²) in [6.45, 7) is 4.41. The van der Waals surface area contributed by atoms with Gasteiger partial charge in [0.25, 0.3) is 5.96 Å². The Morgan fingerprint density at radius 1 is 0.821 bits per heavy atom. The van der Waals surface area contributed by atoms with E-state index in [2.05, 4.69) is 93.5 Å². The van der Waals surface area contributed by atoms with Crippen LogP contribution in [-0.2, 0) is 6.42 Å². The van der Waals surface area contributed by atoms with Crippen molar-refractivity contribution in [2.45, 2.75) is 38.4 Å². The molecule has 39 heavy (non-hydrogen) atoms. The van der Waals surface area contributed by atoms with Crippen LogP contribution in [0.1, 0.15) is 39.9 Å². The summed E-state index contributed by atoms with van der Waals surface area (Å²) in [4.78, 5) is 8.70. The van der Waals surface area contributed by atoms with Gasteiger partial charge in [0.15, 0.2) is 0 Å². The van der Waals surface area contributed by atoms with Gasteiger partial charge in [0.05, 0.1) is 19.7 Å². The van der Waals surface area contributed by atoms with E-state index in [1.165, 1.54) is 32.7 Å². The first-order valence-corrected chi connectivity index (χ1v) is 14.5. The number of hydrogen-bond acceptors (Lipinski definition) is 2. The molecule has 1 aliphatic rings. The van der Waals surface area contributed by atoms with Crippen LogP contribution in [0.2, 0.25) is 0 Å². The molecule has 2 N–H and O–H groups in total. The van der Waals surface area contributed by atoms with Crippen molar-refractivity contribution in [1.82, 2.24) is 4.90 Å². The molecule has 4 atom stereocenters. The second-order valence-electron chi connectivity index (χ2n) is 9.87. The van der Waals surface area contributed by atoms with Crippen molar-refractivity contribution in [3.63, 3.8) is 0 Å². The topological polar surface area (TPSA) is 40.3 Å².